The fourth-order valence-electron chi connectivity index (χ4n) is 2.57. The van der Waals surface area contributed by atoms with E-state index in [1.807, 2.05) is 6.92 Å². The Kier molecular flexibility index (Phi) is 4.05. The second-order valence-corrected chi connectivity index (χ2v) is 5.37. The lowest BCUT2D eigenvalue weighted by Gasteiger charge is -2.41. The monoisotopic (exact) mass is 240 g/mol. The van der Waals surface area contributed by atoms with Gasteiger partial charge in [0.25, 0.3) is 0 Å². The number of carbonyl (C=O) groups excluding carboxylic acids is 1. The van der Waals surface area contributed by atoms with Gasteiger partial charge < -0.3 is 15.4 Å². The molecule has 98 valence electrons. The summed E-state index contributed by atoms with van der Waals surface area (Å²) in [5, 5.41) is 6.86. The van der Waals surface area contributed by atoms with Crippen molar-refractivity contribution in [2.45, 2.75) is 38.6 Å². The van der Waals surface area contributed by atoms with Gasteiger partial charge in [0.05, 0.1) is 6.61 Å². The summed E-state index contributed by atoms with van der Waals surface area (Å²) in [5.74, 6) is 1.01. The highest BCUT2D eigenvalue weighted by Gasteiger charge is 2.46. The largest absolute Gasteiger partial charge is 0.465 e. The number of carbonyl (C=O) groups is 1. The van der Waals surface area contributed by atoms with Crippen molar-refractivity contribution in [1.82, 2.24) is 10.6 Å². The van der Waals surface area contributed by atoms with Crippen LogP contribution >= 0.6 is 0 Å². The molecule has 0 aromatic rings. The van der Waals surface area contributed by atoms with Gasteiger partial charge in [0.1, 0.15) is 5.54 Å². The van der Waals surface area contributed by atoms with Gasteiger partial charge >= 0.3 is 5.97 Å². The van der Waals surface area contributed by atoms with Crippen LogP contribution in [0, 0.1) is 11.8 Å². The topological polar surface area (TPSA) is 50.4 Å². The summed E-state index contributed by atoms with van der Waals surface area (Å²) in [5.41, 5.74) is -0.455. The number of hydrogen-bond acceptors (Lipinski definition) is 4. The third-order valence-electron chi connectivity index (χ3n) is 4.03. The molecule has 2 unspecified atom stereocenters. The smallest absolute Gasteiger partial charge is 0.326 e. The summed E-state index contributed by atoms with van der Waals surface area (Å²) in [6.07, 6.45) is 3.44. The zero-order valence-electron chi connectivity index (χ0n) is 10.9. The molecule has 0 spiro atoms. The van der Waals surface area contributed by atoms with Gasteiger partial charge in [-0.2, -0.15) is 0 Å². The first kappa shape index (κ1) is 12.8. The minimum atomic E-state index is -0.455. The molecular weight excluding hydrogens is 216 g/mol. The zero-order valence-corrected chi connectivity index (χ0v) is 10.9. The summed E-state index contributed by atoms with van der Waals surface area (Å²) in [6, 6.07) is 0. The maximum atomic E-state index is 12.3. The van der Waals surface area contributed by atoms with E-state index in [9.17, 15) is 4.79 Å². The molecule has 1 aliphatic heterocycles. The molecule has 2 aliphatic rings. The Labute approximate surface area is 103 Å². The first-order valence-corrected chi connectivity index (χ1v) is 6.82. The SMILES string of the molecule is CCOC(=O)C1(NCC2CC2)CCNCC1C. The van der Waals surface area contributed by atoms with Gasteiger partial charge in [0.2, 0.25) is 0 Å². The number of esters is 1. The third kappa shape index (κ3) is 2.80. The van der Waals surface area contributed by atoms with Crippen molar-refractivity contribution in [2.24, 2.45) is 11.8 Å². The van der Waals surface area contributed by atoms with Crippen LogP contribution in [0.4, 0.5) is 0 Å². The molecule has 2 N–H and O–H groups in total. The van der Waals surface area contributed by atoms with E-state index < -0.39 is 5.54 Å². The van der Waals surface area contributed by atoms with Crippen molar-refractivity contribution in [2.75, 3.05) is 26.2 Å². The fraction of sp³-hybridized carbons (Fsp3) is 0.923. The van der Waals surface area contributed by atoms with E-state index in [-0.39, 0.29) is 11.9 Å². The van der Waals surface area contributed by atoms with Gasteiger partial charge in [-0.05, 0) is 51.1 Å². The lowest BCUT2D eigenvalue weighted by molar-refractivity contribution is -0.155. The fourth-order valence-corrected chi connectivity index (χ4v) is 2.57. The van der Waals surface area contributed by atoms with E-state index >= 15 is 0 Å². The van der Waals surface area contributed by atoms with Crippen molar-refractivity contribution >= 4 is 5.97 Å². The second-order valence-electron chi connectivity index (χ2n) is 5.37. The second kappa shape index (κ2) is 5.36. The number of ether oxygens (including phenoxy) is 1. The van der Waals surface area contributed by atoms with Crippen LogP contribution in [0.3, 0.4) is 0 Å². The minimum absolute atomic E-state index is 0.0605. The Morgan fingerprint density at radius 2 is 2.29 bits per heavy atom. The number of hydrogen-bond donors (Lipinski definition) is 2. The maximum Gasteiger partial charge on any atom is 0.326 e. The highest BCUT2D eigenvalue weighted by atomic mass is 16.5. The van der Waals surface area contributed by atoms with E-state index in [2.05, 4.69) is 17.6 Å². The Hall–Kier alpha value is -0.610. The van der Waals surface area contributed by atoms with Crippen LogP contribution < -0.4 is 10.6 Å². The highest BCUT2D eigenvalue weighted by molar-refractivity contribution is 5.81. The van der Waals surface area contributed by atoms with E-state index in [4.69, 9.17) is 4.74 Å². The molecule has 0 amide bonds. The first-order valence-electron chi connectivity index (χ1n) is 6.82. The number of nitrogens with one attached hydrogen (secondary N) is 2. The molecule has 1 saturated carbocycles. The van der Waals surface area contributed by atoms with Crippen LogP contribution in [0.2, 0.25) is 0 Å². The van der Waals surface area contributed by atoms with Crippen molar-refractivity contribution < 1.29 is 9.53 Å². The summed E-state index contributed by atoms with van der Waals surface area (Å²) in [4.78, 5) is 12.3. The molecule has 0 radical (unpaired) electrons. The van der Waals surface area contributed by atoms with Gasteiger partial charge in [-0.25, -0.2) is 0 Å². The van der Waals surface area contributed by atoms with Gasteiger partial charge in [-0.1, -0.05) is 6.92 Å². The zero-order chi connectivity index (χ0) is 12.3. The molecule has 4 heteroatoms. The predicted octanol–water partition coefficient (Wildman–Crippen LogP) is 0.917. The summed E-state index contributed by atoms with van der Waals surface area (Å²) >= 11 is 0. The van der Waals surface area contributed by atoms with Crippen molar-refractivity contribution in [1.29, 1.82) is 0 Å². The lowest BCUT2D eigenvalue weighted by Crippen LogP contribution is -2.63. The van der Waals surface area contributed by atoms with E-state index in [1.165, 1.54) is 12.8 Å². The first-order chi connectivity index (χ1) is 8.19. The molecule has 17 heavy (non-hydrogen) atoms. The predicted molar refractivity (Wildman–Crippen MR) is 66.7 cm³/mol. The standard InChI is InChI=1S/C13H24N2O2/c1-3-17-12(16)13(15-9-11-4-5-11)6-7-14-8-10(13)2/h10-11,14-15H,3-9H2,1-2H3. The average Bonchev–Trinajstić information content (AvgIpc) is 3.12. The lowest BCUT2D eigenvalue weighted by atomic mass is 9.79. The van der Waals surface area contributed by atoms with Crippen LogP contribution in [-0.4, -0.2) is 37.7 Å². The molecule has 2 rings (SSSR count). The molecule has 0 aromatic heterocycles. The van der Waals surface area contributed by atoms with Crippen molar-refractivity contribution in [3.8, 4) is 0 Å². The maximum absolute atomic E-state index is 12.3. The summed E-state index contributed by atoms with van der Waals surface area (Å²) < 4.78 is 5.28. The normalized spacial score (nSPS) is 33.4. The van der Waals surface area contributed by atoms with Crippen LogP contribution in [0.1, 0.15) is 33.1 Å². The molecular formula is C13H24N2O2. The third-order valence-corrected chi connectivity index (χ3v) is 4.03. The Balaban J connectivity index is 2.04. The molecule has 0 bridgehead atoms. The molecule has 1 heterocycles. The molecule has 2 fully saturated rings. The Morgan fingerprint density at radius 1 is 1.53 bits per heavy atom. The molecule has 0 aromatic carbocycles. The van der Waals surface area contributed by atoms with Crippen LogP contribution in [0.5, 0.6) is 0 Å². The Bertz CT molecular complexity index is 279. The van der Waals surface area contributed by atoms with Gasteiger partial charge in [0.15, 0.2) is 0 Å². The van der Waals surface area contributed by atoms with Crippen LogP contribution in [-0.2, 0) is 9.53 Å². The van der Waals surface area contributed by atoms with E-state index in [0.29, 0.717) is 6.61 Å². The van der Waals surface area contributed by atoms with Gasteiger partial charge in [0, 0.05) is 6.54 Å². The number of rotatable bonds is 5. The van der Waals surface area contributed by atoms with Gasteiger partial charge in [-0.15, -0.1) is 0 Å². The van der Waals surface area contributed by atoms with Crippen molar-refractivity contribution in [3.63, 3.8) is 0 Å². The average molecular weight is 240 g/mol. The minimum Gasteiger partial charge on any atom is -0.465 e. The molecule has 2 atom stereocenters. The quantitative estimate of drug-likeness (QED) is 0.702. The Morgan fingerprint density at radius 3 is 2.88 bits per heavy atom. The van der Waals surface area contributed by atoms with Crippen molar-refractivity contribution in [3.05, 3.63) is 0 Å². The number of piperidine rings is 1. The molecule has 4 nitrogen and oxygen atoms in total. The van der Waals surface area contributed by atoms with E-state index in [1.54, 1.807) is 0 Å². The molecule has 1 aliphatic carbocycles. The summed E-state index contributed by atoms with van der Waals surface area (Å²) in [7, 11) is 0. The van der Waals surface area contributed by atoms with Crippen LogP contribution in [0.15, 0.2) is 0 Å². The summed E-state index contributed by atoms with van der Waals surface area (Å²) in [6.45, 7) is 7.20. The van der Waals surface area contributed by atoms with E-state index in [0.717, 1.165) is 32.0 Å². The molecule has 1 saturated heterocycles. The van der Waals surface area contributed by atoms with Gasteiger partial charge in [-0.3, -0.25) is 4.79 Å². The van der Waals surface area contributed by atoms with Crippen LogP contribution in [0.25, 0.3) is 0 Å². The highest BCUT2D eigenvalue weighted by Crippen LogP contribution is 2.31.